The van der Waals surface area contributed by atoms with Gasteiger partial charge in [-0.15, -0.1) is 0 Å². The lowest BCUT2D eigenvalue weighted by molar-refractivity contribution is 0.255. The maximum Gasteiger partial charge on any atom is 0.00285 e. The number of allylic oxidation sites excluding steroid dienone is 24. The van der Waals surface area contributed by atoms with Crippen molar-refractivity contribution in [3.05, 3.63) is 142 Å². The summed E-state index contributed by atoms with van der Waals surface area (Å²) >= 11 is 0. The van der Waals surface area contributed by atoms with Gasteiger partial charge >= 0.3 is 0 Å². The van der Waals surface area contributed by atoms with Crippen LogP contribution < -0.4 is 0 Å². The zero-order valence-corrected chi connectivity index (χ0v) is 27.0. The first kappa shape index (κ1) is 33.1. The minimum Gasteiger partial charge on any atom is -0.0850 e. The maximum absolute atomic E-state index is 2.40. The van der Waals surface area contributed by atoms with Crippen LogP contribution >= 0.6 is 0 Å². The third-order valence-corrected chi connectivity index (χ3v) is 8.07. The molecule has 0 aliphatic heterocycles. The van der Waals surface area contributed by atoms with E-state index in [9.17, 15) is 0 Å². The Balaban J connectivity index is 1.88. The smallest absolute Gasteiger partial charge is 0.00285 e. The number of hydrogen-bond acceptors (Lipinski definition) is 0. The highest BCUT2D eigenvalue weighted by Crippen LogP contribution is 2.41. The second kappa shape index (κ2) is 15.6. The zero-order chi connectivity index (χ0) is 29.8. The minimum atomic E-state index is 0.204. The second-order valence-corrected chi connectivity index (χ2v) is 13.0. The molecular weight excluding hydrogens is 480 g/mol. The lowest BCUT2D eigenvalue weighted by Crippen LogP contribution is -2.26. The van der Waals surface area contributed by atoms with Crippen LogP contribution in [0.4, 0.5) is 0 Å². The van der Waals surface area contributed by atoms with Gasteiger partial charge in [0.15, 0.2) is 0 Å². The van der Waals surface area contributed by atoms with E-state index in [2.05, 4.69) is 173 Å². The van der Waals surface area contributed by atoms with Gasteiger partial charge in [0.25, 0.3) is 0 Å². The van der Waals surface area contributed by atoms with E-state index in [-0.39, 0.29) is 5.41 Å². The first-order chi connectivity index (χ1) is 18.8. The van der Waals surface area contributed by atoms with E-state index >= 15 is 0 Å². The molecule has 0 nitrogen and oxygen atoms in total. The van der Waals surface area contributed by atoms with E-state index in [1.54, 1.807) is 0 Å². The van der Waals surface area contributed by atoms with Gasteiger partial charge in [-0.1, -0.05) is 159 Å². The van der Waals surface area contributed by atoms with E-state index in [1.165, 1.54) is 51.9 Å². The molecule has 0 bridgehead atoms. The van der Waals surface area contributed by atoms with Crippen molar-refractivity contribution in [2.24, 2.45) is 16.7 Å². The van der Waals surface area contributed by atoms with Gasteiger partial charge in [0.05, 0.1) is 0 Å². The Morgan fingerprint density at radius 1 is 0.725 bits per heavy atom. The highest BCUT2D eigenvalue weighted by atomic mass is 14.3. The Hall–Kier alpha value is -3.12. The highest BCUT2D eigenvalue weighted by molar-refractivity contribution is 5.42. The molecule has 0 spiro atoms. The summed E-state index contributed by atoms with van der Waals surface area (Å²) in [5.41, 5.74) is 9.83. The molecular formula is C40H54. The van der Waals surface area contributed by atoms with Crippen LogP contribution in [0.3, 0.4) is 0 Å². The molecule has 2 aliphatic rings. The monoisotopic (exact) mass is 534 g/mol. The van der Waals surface area contributed by atoms with Crippen molar-refractivity contribution in [3.8, 4) is 0 Å². The van der Waals surface area contributed by atoms with Crippen LogP contribution in [0.15, 0.2) is 142 Å². The van der Waals surface area contributed by atoms with Gasteiger partial charge in [-0.25, -0.2) is 0 Å². The lowest BCUT2D eigenvalue weighted by atomic mass is 9.68. The number of hydrogen-bond donors (Lipinski definition) is 0. The molecule has 0 fully saturated rings. The van der Waals surface area contributed by atoms with Crippen molar-refractivity contribution in [1.29, 1.82) is 0 Å². The molecule has 0 heteroatoms. The van der Waals surface area contributed by atoms with Crippen LogP contribution in [0.25, 0.3) is 0 Å². The zero-order valence-electron chi connectivity index (χ0n) is 27.0. The van der Waals surface area contributed by atoms with Gasteiger partial charge in [-0.3, -0.25) is 0 Å². The van der Waals surface area contributed by atoms with Gasteiger partial charge in [-0.2, -0.15) is 0 Å². The molecule has 40 heavy (non-hydrogen) atoms. The van der Waals surface area contributed by atoms with Gasteiger partial charge in [0.2, 0.25) is 0 Å². The summed E-state index contributed by atoms with van der Waals surface area (Å²) in [5, 5.41) is 0. The SMILES string of the molecule is CC(C=CC=C(C)C=CC1=C(C)C=CCC1(C)C)=CC=CC=C(C)C=CC=C(C)C=CC1C(C)=CCCC1(C)C. The molecule has 0 aromatic rings. The van der Waals surface area contributed by atoms with E-state index in [4.69, 9.17) is 0 Å². The van der Waals surface area contributed by atoms with Gasteiger partial charge < -0.3 is 0 Å². The van der Waals surface area contributed by atoms with Crippen LogP contribution in [-0.2, 0) is 0 Å². The third kappa shape index (κ3) is 11.2. The molecule has 214 valence electrons. The summed E-state index contributed by atoms with van der Waals surface area (Å²) in [6.07, 6.45) is 41.1. The quantitative estimate of drug-likeness (QED) is 0.193. The molecule has 0 radical (unpaired) electrons. The molecule has 0 aromatic heterocycles. The van der Waals surface area contributed by atoms with Crippen LogP contribution in [0.2, 0.25) is 0 Å². The summed E-state index contributed by atoms with van der Waals surface area (Å²) in [6.45, 7) is 22.5. The van der Waals surface area contributed by atoms with Crippen LogP contribution in [0.1, 0.15) is 88.5 Å². The van der Waals surface area contributed by atoms with Crippen molar-refractivity contribution >= 4 is 0 Å². The predicted octanol–water partition coefficient (Wildman–Crippen LogP) is 12.2. The average Bonchev–Trinajstić information content (AvgIpc) is 2.85. The fraction of sp³-hybridized carbons (Fsp3) is 0.400. The van der Waals surface area contributed by atoms with Crippen molar-refractivity contribution < 1.29 is 0 Å². The Morgan fingerprint density at radius 3 is 1.80 bits per heavy atom. The van der Waals surface area contributed by atoms with Gasteiger partial charge in [0.1, 0.15) is 0 Å². The first-order valence-electron chi connectivity index (χ1n) is 14.9. The van der Waals surface area contributed by atoms with Gasteiger partial charge in [-0.05, 0) is 82.8 Å². The molecule has 0 amide bonds. The molecule has 0 aromatic carbocycles. The fourth-order valence-electron chi connectivity index (χ4n) is 5.41. The lowest BCUT2D eigenvalue weighted by Gasteiger charge is -2.36. The Kier molecular flexibility index (Phi) is 12.9. The third-order valence-electron chi connectivity index (χ3n) is 8.07. The molecule has 0 saturated heterocycles. The van der Waals surface area contributed by atoms with E-state index in [1.807, 2.05) is 0 Å². The topological polar surface area (TPSA) is 0 Å². The Labute approximate surface area is 247 Å². The van der Waals surface area contributed by atoms with Crippen LogP contribution in [-0.4, -0.2) is 0 Å². The molecule has 1 unspecified atom stereocenters. The summed E-state index contributed by atoms with van der Waals surface area (Å²) in [5.74, 6) is 0.530. The summed E-state index contributed by atoms with van der Waals surface area (Å²) in [4.78, 5) is 0. The van der Waals surface area contributed by atoms with Crippen molar-refractivity contribution in [2.75, 3.05) is 0 Å². The molecule has 0 saturated carbocycles. The average molecular weight is 535 g/mol. The molecule has 0 heterocycles. The Morgan fingerprint density at radius 2 is 1.25 bits per heavy atom. The number of rotatable bonds is 10. The van der Waals surface area contributed by atoms with Gasteiger partial charge in [0, 0.05) is 5.92 Å². The van der Waals surface area contributed by atoms with Crippen molar-refractivity contribution in [2.45, 2.75) is 88.5 Å². The van der Waals surface area contributed by atoms with E-state index < -0.39 is 0 Å². The summed E-state index contributed by atoms with van der Waals surface area (Å²) < 4.78 is 0. The maximum atomic E-state index is 2.40. The molecule has 2 rings (SSSR count). The van der Waals surface area contributed by atoms with Crippen LogP contribution in [0.5, 0.6) is 0 Å². The standard InChI is InChI=1S/C40H54/c1-31(19-13-21-33(3)25-27-37-35(5)23-15-29-39(37,7)8)17-11-12-18-32(2)20-14-22-34(4)26-28-38-36(6)24-16-30-40(38,9)10/h11-15,17-28,38H,16,29-30H2,1-10H3. The molecule has 1 atom stereocenters. The van der Waals surface area contributed by atoms with Crippen LogP contribution in [0, 0.1) is 16.7 Å². The normalized spacial score (nSPS) is 23.1. The summed E-state index contributed by atoms with van der Waals surface area (Å²) in [6, 6.07) is 0. The first-order valence-corrected chi connectivity index (χ1v) is 14.9. The fourth-order valence-corrected chi connectivity index (χ4v) is 5.41. The highest BCUT2D eigenvalue weighted by Gasteiger charge is 2.30. The van der Waals surface area contributed by atoms with E-state index in [0.29, 0.717) is 11.3 Å². The van der Waals surface area contributed by atoms with E-state index in [0.717, 1.165) is 6.42 Å². The predicted molar refractivity (Wildman–Crippen MR) is 181 cm³/mol. The Bertz CT molecular complexity index is 1240. The van der Waals surface area contributed by atoms with Crippen molar-refractivity contribution in [1.82, 2.24) is 0 Å². The summed E-state index contributed by atoms with van der Waals surface area (Å²) in [7, 11) is 0. The largest absolute Gasteiger partial charge is 0.0850 e. The minimum absolute atomic E-state index is 0.204. The second-order valence-electron chi connectivity index (χ2n) is 13.0. The molecule has 0 N–H and O–H groups in total. The van der Waals surface area contributed by atoms with Crippen molar-refractivity contribution in [3.63, 3.8) is 0 Å². The molecule has 2 aliphatic carbocycles.